The van der Waals surface area contributed by atoms with Crippen molar-refractivity contribution in [2.45, 2.75) is 10.8 Å². The van der Waals surface area contributed by atoms with Crippen LogP contribution in [0.1, 0.15) is 27.8 Å². The summed E-state index contributed by atoms with van der Waals surface area (Å²) in [5, 5.41) is 97.5. The molecule has 89 heavy (non-hydrogen) atoms. The predicted molar refractivity (Wildman–Crippen MR) is 362 cm³/mol. The zero-order valence-electron chi connectivity index (χ0n) is 46.6. The summed E-state index contributed by atoms with van der Waals surface area (Å²) in [7, 11) is 6.01. The highest BCUT2D eigenvalue weighted by Gasteiger charge is 2.89. The van der Waals surface area contributed by atoms with E-state index in [2.05, 4.69) is 11.9 Å². The highest BCUT2D eigenvalue weighted by Crippen LogP contribution is 2.92. The number of carbonyl (C=O) groups is 2. The smallest absolute Gasteiger partial charge is 0.311 e. The van der Waals surface area contributed by atoms with Crippen molar-refractivity contribution < 1.29 is 24.0 Å². The fraction of sp³-hybridized carbons (Fsp3) is 0.0964. The minimum absolute atomic E-state index is 0.0504. The Hall–Kier alpha value is -11.0. The van der Waals surface area contributed by atoms with Crippen molar-refractivity contribution in [3.05, 3.63) is 93.3 Å². The fourth-order valence-electron chi connectivity index (χ4n) is 28.0. The molecule has 29 aromatic rings. The lowest BCUT2D eigenvalue weighted by Crippen LogP contribution is -2.30. The number of likely N-dealkylation sites (N-methyl/N-ethyl adjacent to an activating group) is 1. The largest absolute Gasteiger partial charge is 0.871 e. The van der Waals surface area contributed by atoms with E-state index in [1.165, 1.54) is 108 Å². The highest BCUT2D eigenvalue weighted by atomic mass is 16.5. The van der Waals surface area contributed by atoms with Gasteiger partial charge in [-0.25, -0.2) is 4.58 Å². The molecule has 0 amide bonds. The van der Waals surface area contributed by atoms with E-state index in [-0.39, 0.29) is 35.3 Å². The second-order valence-electron chi connectivity index (χ2n) is 30.8. The van der Waals surface area contributed by atoms with Gasteiger partial charge in [0.25, 0.3) is 0 Å². The summed E-state index contributed by atoms with van der Waals surface area (Å²) >= 11 is 0. The van der Waals surface area contributed by atoms with Crippen molar-refractivity contribution >= 4 is 320 Å². The topological polar surface area (TPSA) is 72.7 Å². The van der Waals surface area contributed by atoms with Crippen molar-refractivity contribution in [1.29, 1.82) is 0 Å². The molecule has 0 N–H and O–H groups in total. The number of allylic oxidation sites excluding steroid dienone is 7. The van der Waals surface area contributed by atoms with Crippen LogP contribution < -0.4 is 10.0 Å². The number of hydrogen-bond acceptors (Lipinski definition) is 5. The summed E-state index contributed by atoms with van der Waals surface area (Å²) in [5.41, 5.74) is 8.47. The van der Waals surface area contributed by atoms with Crippen LogP contribution >= 0.6 is 0 Å². The van der Waals surface area contributed by atoms with Gasteiger partial charge < -0.3 is 14.7 Å². The zero-order chi connectivity index (χ0) is 55.2. The van der Waals surface area contributed by atoms with Gasteiger partial charge in [-0.1, -0.05) is 17.9 Å². The molecule has 29 aromatic carbocycles. The molecule has 388 valence electrons. The standard InChI is InChI=1S/C83H22N2O4/c1-84(2)16-8-4-14(5-9-16)18-78(86)19(79(18)87)15-6-10-17(11-7-15)85(3)12-13-89-81(88)80-82-74-66-58-48-38-30-22-20-21-24-28-26(22)34-42-36(28)46-40-32(24)33-25(21)29-27-23(20)31(30)39-45-35(27)43-37(29)47-41(33)51-50(40)60-54(46)64-56(42)62(52(58)44(34)38)70(74)72(64)76-68(60)69-61(51)55(47)65-57(43)63-53(45)59(49(39)48)67(66)75(82)71(63)73(65)77(69)83(76,80)82/h4-11,80H,12-13H2,1-3H3. The Kier molecular flexibility index (Phi) is 3.75. The molecule has 0 unspecified atom stereocenters. The Morgan fingerprint density at radius 2 is 0.663 bits per heavy atom. The van der Waals surface area contributed by atoms with E-state index in [1.807, 2.05) is 67.2 Å². The monoisotopic (exact) mass is 1110 g/mol. The maximum Gasteiger partial charge on any atom is 0.311 e. The molecule has 0 aliphatic heterocycles. The number of hydrogen-bond donors (Lipinski definition) is 0. The number of ether oxygens (including phenoxy) is 1. The predicted octanol–water partition coefficient (Wildman–Crippen LogP) is 17.4. The molecule has 2 spiro atoms. The fourth-order valence-corrected chi connectivity index (χ4v) is 28.0. The van der Waals surface area contributed by atoms with E-state index in [1.54, 1.807) is 205 Å². The third kappa shape index (κ3) is 2.30. The van der Waals surface area contributed by atoms with Crippen molar-refractivity contribution in [3.63, 3.8) is 0 Å². The number of nitrogens with zero attached hydrogens (tertiary/aromatic N) is 2. The van der Waals surface area contributed by atoms with Gasteiger partial charge in [0.15, 0.2) is 11.5 Å². The number of benzene rings is 19. The molecule has 6 heteroatoms. The van der Waals surface area contributed by atoms with Gasteiger partial charge in [0.2, 0.25) is 0 Å². The Labute approximate surface area is 490 Å². The van der Waals surface area contributed by atoms with E-state index in [4.69, 9.17) is 4.74 Å². The van der Waals surface area contributed by atoms with Crippen LogP contribution in [0.3, 0.4) is 0 Å². The first-order valence-electron chi connectivity index (χ1n) is 32.2. The van der Waals surface area contributed by atoms with Crippen LogP contribution in [0.4, 0.5) is 5.69 Å². The van der Waals surface area contributed by atoms with Gasteiger partial charge in [0, 0.05) is 36.0 Å². The SMILES string of the molecule is CN(CCOC(=O)C1C23c4c5c6c7c8c9c(c%10c%11c2c2c4c4c%12c5c5c6c6c8c8c%13c9c9c%10c%10c%11c%11c2c2c4c4c%12c%12c5c5c6c8c6c8c%13c9c9c%10c%10c%11c2c2c4c4c%12c5c6c5c8c9c%10c2c45)C713)c1ccc(C2=C([O-])C(=C3C=CC(=[N+](C)C)C=C3)C2=O)cc1. The van der Waals surface area contributed by atoms with Gasteiger partial charge >= 0.3 is 5.97 Å². The summed E-state index contributed by atoms with van der Waals surface area (Å²) in [6.07, 6.45) is 7.60. The molecule has 1 saturated carbocycles. The van der Waals surface area contributed by atoms with E-state index in [0.29, 0.717) is 17.7 Å². The van der Waals surface area contributed by atoms with Crippen molar-refractivity contribution in [3.8, 4) is 0 Å². The van der Waals surface area contributed by atoms with Crippen molar-refractivity contribution in [1.82, 2.24) is 0 Å². The second-order valence-corrected chi connectivity index (χ2v) is 30.8. The average molecular weight is 1110 g/mol. The van der Waals surface area contributed by atoms with Crippen LogP contribution in [-0.4, -0.2) is 56.3 Å². The molecular weight excluding hydrogens is 1090 g/mol. The van der Waals surface area contributed by atoms with Gasteiger partial charge in [-0.2, -0.15) is 0 Å². The lowest BCUT2D eigenvalue weighted by atomic mass is 9.68. The van der Waals surface area contributed by atoms with E-state index in [9.17, 15) is 9.90 Å². The first-order valence-corrected chi connectivity index (χ1v) is 32.2. The maximum absolute atomic E-state index is 16.9. The summed E-state index contributed by atoms with van der Waals surface area (Å²) < 4.78 is 9.11. The Morgan fingerprint density at radius 1 is 0.404 bits per heavy atom. The van der Waals surface area contributed by atoms with Crippen LogP contribution in [-0.2, 0) is 25.2 Å². The van der Waals surface area contributed by atoms with Crippen LogP contribution in [0.2, 0.25) is 0 Å². The molecule has 7 aliphatic rings. The summed E-state index contributed by atoms with van der Waals surface area (Å²) in [5.74, 6) is -0.904. The molecule has 36 rings (SSSR count). The number of ketones is 1. The lowest BCUT2D eigenvalue weighted by molar-refractivity contribution is -0.462. The lowest BCUT2D eigenvalue weighted by Gasteiger charge is -2.32. The summed E-state index contributed by atoms with van der Waals surface area (Å²) in [6.45, 7) is 0.724. The quantitative estimate of drug-likeness (QED) is 0.0718. The number of carbonyl (C=O) groups excluding carboxylic acids is 2. The van der Waals surface area contributed by atoms with Gasteiger partial charge in [-0.05, 0) is 349 Å². The number of anilines is 1. The van der Waals surface area contributed by atoms with Gasteiger partial charge in [-0.15, -0.1) is 0 Å². The highest BCUT2D eigenvalue weighted by molar-refractivity contribution is 6.82. The van der Waals surface area contributed by atoms with E-state index >= 15 is 4.79 Å². The average Bonchev–Trinajstić information content (AvgIpc) is 1.37. The van der Waals surface area contributed by atoms with Crippen molar-refractivity contribution in [2.75, 3.05) is 39.2 Å². The molecule has 0 bridgehead atoms. The molecule has 7 aliphatic carbocycles. The third-order valence-corrected chi connectivity index (χ3v) is 29.3. The molecule has 0 saturated heterocycles. The van der Waals surface area contributed by atoms with E-state index < -0.39 is 16.7 Å². The van der Waals surface area contributed by atoms with Crippen LogP contribution in [0.25, 0.3) is 296 Å². The first kappa shape index (κ1) is 36.9. The minimum atomic E-state index is -0.627. The molecule has 0 aromatic heterocycles. The van der Waals surface area contributed by atoms with Crippen LogP contribution in [0.15, 0.2) is 65.5 Å². The normalized spacial score (nSPS) is 22.3. The number of rotatable bonds is 6. The number of Topliss-reactive ketones (excluding diaryl/α,β-unsaturated/α-hetero) is 1. The molecular formula is C83H22N2O4. The van der Waals surface area contributed by atoms with Gasteiger partial charge in [0.05, 0.1) is 23.3 Å². The molecule has 6 nitrogen and oxygen atoms in total. The molecule has 0 atom stereocenters. The Bertz CT molecular complexity index is 7990. The third-order valence-electron chi connectivity index (χ3n) is 29.3. The Balaban J connectivity index is 0.701. The molecule has 0 heterocycles. The minimum Gasteiger partial charge on any atom is -0.871 e. The second kappa shape index (κ2) is 9.04. The van der Waals surface area contributed by atoms with Crippen LogP contribution in [0.5, 0.6) is 0 Å². The summed E-state index contributed by atoms with van der Waals surface area (Å²) in [6, 6.07) is 7.77. The van der Waals surface area contributed by atoms with Gasteiger partial charge in [0.1, 0.15) is 20.7 Å². The zero-order valence-corrected chi connectivity index (χ0v) is 46.6. The number of esters is 1. The van der Waals surface area contributed by atoms with Gasteiger partial charge in [-0.3, -0.25) is 9.59 Å². The Morgan fingerprint density at radius 3 is 0.910 bits per heavy atom. The van der Waals surface area contributed by atoms with Crippen LogP contribution in [0, 0.1) is 5.92 Å². The summed E-state index contributed by atoms with van der Waals surface area (Å²) in [4.78, 5) is 32.7. The van der Waals surface area contributed by atoms with E-state index in [0.717, 1.165) is 11.4 Å². The molecule has 1 fully saturated rings. The van der Waals surface area contributed by atoms with Crippen molar-refractivity contribution in [2.24, 2.45) is 5.92 Å². The molecule has 0 radical (unpaired) electrons. The maximum atomic E-state index is 16.9. The first-order chi connectivity index (χ1) is 43.9.